The maximum atomic E-state index is 5.89. The van der Waals surface area contributed by atoms with Gasteiger partial charge >= 0.3 is 0 Å². The molecule has 0 unspecified atom stereocenters. The quantitative estimate of drug-likeness (QED) is 0.808. The first-order chi connectivity index (χ1) is 8.55. The topological polar surface area (TPSA) is 38.5 Å². The molecule has 0 saturated carbocycles. The summed E-state index contributed by atoms with van der Waals surface area (Å²) in [5.41, 5.74) is 7.12. The van der Waals surface area contributed by atoms with Crippen molar-refractivity contribution in [2.45, 2.75) is 39.3 Å². The van der Waals surface area contributed by atoms with Crippen LogP contribution in [0.15, 0.2) is 24.3 Å². The molecule has 0 bridgehead atoms. The van der Waals surface area contributed by atoms with Gasteiger partial charge in [0.25, 0.3) is 0 Å². The fraction of sp³-hybridized carbons (Fsp3) is 0.600. The van der Waals surface area contributed by atoms with Crippen molar-refractivity contribution in [2.75, 3.05) is 20.2 Å². The minimum absolute atomic E-state index is 0.0108. The minimum Gasteiger partial charge on any atom is -0.496 e. The van der Waals surface area contributed by atoms with Crippen LogP contribution in [-0.2, 0) is 6.54 Å². The van der Waals surface area contributed by atoms with Crippen LogP contribution in [0.25, 0.3) is 0 Å². The third kappa shape index (κ3) is 3.72. The van der Waals surface area contributed by atoms with Crippen LogP contribution in [0.3, 0.4) is 0 Å². The van der Waals surface area contributed by atoms with E-state index in [1.165, 1.54) is 5.56 Å². The third-order valence-electron chi connectivity index (χ3n) is 3.40. The van der Waals surface area contributed by atoms with Crippen LogP contribution in [0.5, 0.6) is 5.75 Å². The number of nitrogens with zero attached hydrogens (tertiary/aromatic N) is 1. The molecule has 0 spiro atoms. The van der Waals surface area contributed by atoms with Crippen LogP contribution in [0.2, 0.25) is 0 Å². The molecular weight excluding hydrogens is 224 g/mol. The summed E-state index contributed by atoms with van der Waals surface area (Å²) in [6, 6.07) is 8.18. The third-order valence-corrected chi connectivity index (χ3v) is 3.40. The molecule has 0 atom stereocenters. The lowest BCUT2D eigenvalue weighted by molar-refractivity contribution is 0.117. The number of benzene rings is 1. The summed E-state index contributed by atoms with van der Waals surface area (Å²) in [5.74, 6) is 0.950. The standard InChI is InChI=1S/C15H26N2O/c1-5-10-17(15(2,3)12-16)11-13-8-6-7-9-14(13)18-4/h6-9H,5,10-12,16H2,1-4H3. The van der Waals surface area contributed by atoms with E-state index in [-0.39, 0.29) is 5.54 Å². The van der Waals surface area contributed by atoms with Crippen molar-refractivity contribution in [3.63, 3.8) is 0 Å². The Bertz CT molecular complexity index is 363. The van der Waals surface area contributed by atoms with Crippen LogP contribution in [0, 0.1) is 0 Å². The number of methoxy groups -OCH3 is 1. The molecule has 0 aliphatic rings. The lowest BCUT2D eigenvalue weighted by Gasteiger charge is -2.38. The zero-order valence-corrected chi connectivity index (χ0v) is 12.1. The van der Waals surface area contributed by atoms with Crippen LogP contribution < -0.4 is 10.5 Å². The van der Waals surface area contributed by atoms with E-state index >= 15 is 0 Å². The molecule has 0 radical (unpaired) electrons. The summed E-state index contributed by atoms with van der Waals surface area (Å²) >= 11 is 0. The van der Waals surface area contributed by atoms with Gasteiger partial charge in [-0.2, -0.15) is 0 Å². The van der Waals surface area contributed by atoms with Gasteiger partial charge in [-0.1, -0.05) is 25.1 Å². The SMILES string of the molecule is CCCN(Cc1ccccc1OC)C(C)(C)CN. The van der Waals surface area contributed by atoms with Crippen molar-refractivity contribution in [2.24, 2.45) is 5.73 Å². The second kappa shape index (κ2) is 6.76. The number of hydrogen-bond donors (Lipinski definition) is 1. The van der Waals surface area contributed by atoms with E-state index in [1.54, 1.807) is 7.11 Å². The number of rotatable bonds is 7. The van der Waals surface area contributed by atoms with E-state index in [9.17, 15) is 0 Å². The molecule has 102 valence electrons. The summed E-state index contributed by atoms with van der Waals surface area (Å²) in [4.78, 5) is 2.42. The zero-order valence-electron chi connectivity index (χ0n) is 12.1. The Morgan fingerprint density at radius 3 is 2.50 bits per heavy atom. The molecule has 1 rings (SSSR count). The maximum absolute atomic E-state index is 5.89. The van der Waals surface area contributed by atoms with Crippen LogP contribution in [0.4, 0.5) is 0 Å². The van der Waals surface area contributed by atoms with E-state index in [2.05, 4.69) is 37.8 Å². The first kappa shape index (κ1) is 15.0. The highest BCUT2D eigenvalue weighted by Gasteiger charge is 2.25. The van der Waals surface area contributed by atoms with Gasteiger partial charge in [0, 0.05) is 24.2 Å². The molecule has 0 heterocycles. The fourth-order valence-electron chi connectivity index (χ4n) is 2.03. The van der Waals surface area contributed by atoms with Gasteiger partial charge in [0.15, 0.2) is 0 Å². The van der Waals surface area contributed by atoms with E-state index in [1.807, 2.05) is 12.1 Å². The Morgan fingerprint density at radius 1 is 1.28 bits per heavy atom. The predicted octanol–water partition coefficient (Wildman–Crippen LogP) is 2.64. The van der Waals surface area contributed by atoms with Gasteiger partial charge in [0.1, 0.15) is 5.75 Å². The Labute approximate surface area is 111 Å². The molecule has 1 aromatic rings. The van der Waals surface area contributed by atoms with Crippen molar-refractivity contribution < 1.29 is 4.74 Å². The second-order valence-electron chi connectivity index (χ2n) is 5.25. The summed E-state index contributed by atoms with van der Waals surface area (Å²) < 4.78 is 5.41. The highest BCUT2D eigenvalue weighted by Crippen LogP contribution is 2.23. The molecule has 1 aromatic carbocycles. The van der Waals surface area contributed by atoms with Crippen LogP contribution in [-0.4, -0.2) is 30.6 Å². The van der Waals surface area contributed by atoms with E-state index in [0.717, 1.165) is 25.3 Å². The molecule has 3 nitrogen and oxygen atoms in total. The highest BCUT2D eigenvalue weighted by molar-refractivity contribution is 5.33. The average Bonchev–Trinajstić information content (AvgIpc) is 2.38. The summed E-state index contributed by atoms with van der Waals surface area (Å²) in [5, 5.41) is 0. The highest BCUT2D eigenvalue weighted by atomic mass is 16.5. The fourth-order valence-corrected chi connectivity index (χ4v) is 2.03. The molecule has 18 heavy (non-hydrogen) atoms. The van der Waals surface area contributed by atoms with Crippen LogP contribution in [0.1, 0.15) is 32.8 Å². The van der Waals surface area contributed by atoms with E-state index < -0.39 is 0 Å². The van der Waals surface area contributed by atoms with E-state index in [0.29, 0.717) is 6.54 Å². The number of nitrogens with two attached hydrogens (primary N) is 1. The van der Waals surface area contributed by atoms with Gasteiger partial charge in [-0.25, -0.2) is 0 Å². The molecule has 3 heteroatoms. The number of hydrogen-bond acceptors (Lipinski definition) is 3. The van der Waals surface area contributed by atoms with Gasteiger partial charge in [0.2, 0.25) is 0 Å². The smallest absolute Gasteiger partial charge is 0.123 e. The summed E-state index contributed by atoms with van der Waals surface area (Å²) in [6.45, 7) is 9.16. The molecule has 0 amide bonds. The minimum atomic E-state index is 0.0108. The largest absolute Gasteiger partial charge is 0.496 e. The van der Waals surface area contributed by atoms with E-state index in [4.69, 9.17) is 10.5 Å². The Balaban J connectivity index is 2.89. The van der Waals surface area contributed by atoms with Crippen molar-refractivity contribution in [3.05, 3.63) is 29.8 Å². The van der Waals surface area contributed by atoms with Crippen molar-refractivity contribution >= 4 is 0 Å². The molecule has 0 aromatic heterocycles. The zero-order chi connectivity index (χ0) is 13.6. The van der Waals surface area contributed by atoms with Crippen molar-refractivity contribution in [1.29, 1.82) is 0 Å². The molecule has 0 aliphatic carbocycles. The molecule has 0 aliphatic heterocycles. The Kier molecular flexibility index (Phi) is 5.63. The lowest BCUT2D eigenvalue weighted by atomic mass is 10.0. The Hall–Kier alpha value is -1.06. The first-order valence-corrected chi connectivity index (χ1v) is 6.62. The predicted molar refractivity (Wildman–Crippen MR) is 76.8 cm³/mol. The maximum Gasteiger partial charge on any atom is 0.123 e. The number of ether oxygens (including phenoxy) is 1. The van der Waals surface area contributed by atoms with Gasteiger partial charge in [0.05, 0.1) is 7.11 Å². The van der Waals surface area contributed by atoms with Gasteiger partial charge < -0.3 is 10.5 Å². The summed E-state index contributed by atoms with van der Waals surface area (Å²) in [6.07, 6.45) is 1.12. The molecule has 2 N–H and O–H groups in total. The second-order valence-corrected chi connectivity index (χ2v) is 5.25. The van der Waals surface area contributed by atoms with Gasteiger partial charge in [-0.05, 0) is 32.9 Å². The normalized spacial score (nSPS) is 11.9. The van der Waals surface area contributed by atoms with Crippen molar-refractivity contribution in [3.8, 4) is 5.75 Å². The lowest BCUT2D eigenvalue weighted by Crippen LogP contribution is -2.49. The monoisotopic (exact) mass is 250 g/mol. The van der Waals surface area contributed by atoms with Crippen LogP contribution >= 0.6 is 0 Å². The molecule has 0 fully saturated rings. The molecule has 0 saturated heterocycles. The first-order valence-electron chi connectivity index (χ1n) is 6.62. The average molecular weight is 250 g/mol. The number of para-hydroxylation sites is 1. The van der Waals surface area contributed by atoms with Gasteiger partial charge in [-0.3, -0.25) is 4.90 Å². The summed E-state index contributed by atoms with van der Waals surface area (Å²) in [7, 11) is 1.72. The van der Waals surface area contributed by atoms with Gasteiger partial charge in [-0.15, -0.1) is 0 Å². The molecular formula is C15H26N2O. The van der Waals surface area contributed by atoms with Crippen molar-refractivity contribution in [1.82, 2.24) is 4.90 Å². The Morgan fingerprint density at radius 2 is 1.94 bits per heavy atom.